The Hall–Kier alpha value is -1.71. The van der Waals surface area contributed by atoms with Gasteiger partial charge in [0.05, 0.1) is 9.87 Å². The average molecular weight is 496 g/mol. The third-order valence-electron chi connectivity index (χ3n) is 5.28. The van der Waals surface area contributed by atoms with Crippen LogP contribution in [0.1, 0.15) is 68.2 Å². The molecule has 3 rings (SSSR count). The number of piperazine rings is 1. The van der Waals surface area contributed by atoms with Gasteiger partial charge in [-0.2, -0.15) is 0 Å². The summed E-state index contributed by atoms with van der Waals surface area (Å²) in [5, 5.41) is 0.204. The lowest BCUT2D eigenvalue weighted by molar-refractivity contribution is -0.114. The molecule has 186 valence electrons. The number of amides is 1. The molecule has 1 aliphatic carbocycles. The maximum atomic E-state index is 14.8. The fourth-order valence-corrected chi connectivity index (χ4v) is 4.85. The largest absolute Gasteiger partial charge is 0.369 e. The monoisotopic (exact) mass is 495 g/mol. The minimum absolute atomic E-state index is 0.00408. The van der Waals surface area contributed by atoms with Crippen LogP contribution in [0.3, 0.4) is 0 Å². The molecular weight excluding hydrogens is 443 g/mol. The molecule has 0 atom stereocenters. The van der Waals surface area contributed by atoms with Crippen molar-refractivity contribution in [1.29, 1.82) is 0 Å². The minimum Gasteiger partial charge on any atom is -0.369 e. The van der Waals surface area contributed by atoms with Crippen molar-refractivity contribution >= 4 is 27.3 Å². The Morgan fingerprint density at radius 2 is 2.00 bits per heavy atom. The number of anilines is 2. The summed E-state index contributed by atoms with van der Waals surface area (Å²) in [5.41, 5.74) is -0.884. The van der Waals surface area contributed by atoms with Gasteiger partial charge in [-0.3, -0.25) is 9.69 Å². The summed E-state index contributed by atoms with van der Waals surface area (Å²) < 4.78 is 147. The van der Waals surface area contributed by atoms with Crippen molar-refractivity contribution in [3.8, 4) is 0 Å². The lowest BCUT2D eigenvalue weighted by Gasteiger charge is -2.36. The van der Waals surface area contributed by atoms with E-state index in [1.807, 2.05) is 0 Å². The first-order chi connectivity index (χ1) is 20.8. The molecule has 9 heteroatoms. The standard InChI is InChI=1S/C24H39FN4O3S/c1-20(30)26-23-16-22(25)17-24(18-23)29-14-12-28(13-15-29)11-7-6-10-27(2)33(31,32)19-21-8-4-3-5-9-21/h16-18,21H,3-15,19H2,1-2H3,(H,26,30)/i2D3,8D2,9D2,11D2,16D,17D,18D/hD. The van der Waals surface area contributed by atoms with Crippen LogP contribution in [-0.4, -0.2) is 75.5 Å². The smallest absolute Gasteiger partial charge is 0.221 e. The molecule has 0 spiro atoms. The number of halogens is 1. The van der Waals surface area contributed by atoms with Crippen molar-refractivity contribution in [3.63, 3.8) is 0 Å². The minimum atomic E-state index is -4.70. The summed E-state index contributed by atoms with van der Waals surface area (Å²) in [6.45, 7) is -4.89. The Bertz CT molecular complexity index is 1390. The molecule has 0 aromatic heterocycles. The Morgan fingerprint density at radius 3 is 2.67 bits per heavy atom. The number of nitrogens with one attached hydrogen (secondary N) is 1. The van der Waals surface area contributed by atoms with E-state index in [0.717, 1.165) is 6.92 Å². The van der Waals surface area contributed by atoms with Crippen molar-refractivity contribution < 1.29 is 35.5 Å². The van der Waals surface area contributed by atoms with E-state index in [9.17, 15) is 17.6 Å². The summed E-state index contributed by atoms with van der Waals surface area (Å²) in [6, 6.07) is -2.28. The number of nitrogens with zero attached hydrogens (tertiary/aromatic N) is 3. The topological polar surface area (TPSA) is 73.0 Å². The maximum absolute atomic E-state index is 14.8. The maximum Gasteiger partial charge on any atom is 0.221 e. The van der Waals surface area contributed by atoms with E-state index in [1.54, 1.807) is 0 Å². The third-order valence-corrected chi connectivity index (χ3v) is 6.89. The average Bonchev–Trinajstić information content (AvgIpc) is 2.91. The van der Waals surface area contributed by atoms with Crippen LogP contribution in [0.5, 0.6) is 0 Å². The van der Waals surface area contributed by atoms with Gasteiger partial charge in [0, 0.05) is 70.3 Å². The molecule has 1 aromatic rings. The zero-order chi connectivity index (χ0) is 35.2. The predicted octanol–water partition coefficient (Wildman–Crippen LogP) is 3.53. The molecule has 0 radical (unpaired) electrons. The number of hydrogen-bond acceptors (Lipinski definition) is 5. The van der Waals surface area contributed by atoms with Gasteiger partial charge in [0.2, 0.25) is 15.9 Å². The Balaban J connectivity index is 1.71. The van der Waals surface area contributed by atoms with E-state index in [-0.39, 0.29) is 73.6 Å². The summed E-state index contributed by atoms with van der Waals surface area (Å²) in [4.78, 5) is 14.5. The van der Waals surface area contributed by atoms with Crippen molar-refractivity contribution in [2.45, 2.75) is 51.8 Å². The Morgan fingerprint density at radius 1 is 1.27 bits per heavy atom. The van der Waals surface area contributed by atoms with E-state index < -0.39 is 90.0 Å². The van der Waals surface area contributed by atoms with Gasteiger partial charge < -0.3 is 10.2 Å². The van der Waals surface area contributed by atoms with Crippen LogP contribution in [-0.2, 0) is 14.8 Å². The Kier molecular flexibility index (Phi) is 4.92. The quantitative estimate of drug-likeness (QED) is 0.538. The van der Waals surface area contributed by atoms with Crippen molar-refractivity contribution in [3.05, 3.63) is 23.9 Å². The predicted molar refractivity (Wildman–Crippen MR) is 132 cm³/mol. The molecule has 1 amide bonds. The number of rotatable bonds is 10. The highest BCUT2D eigenvalue weighted by atomic mass is 32.2. The van der Waals surface area contributed by atoms with Gasteiger partial charge in [0.25, 0.3) is 0 Å². The highest BCUT2D eigenvalue weighted by Gasteiger charge is 2.25. The second kappa shape index (κ2) is 12.1. The number of sulfonamides is 1. The Labute approximate surface area is 216 Å². The third kappa shape index (κ3) is 8.22. The number of carbonyl (C=O) groups excluding carboxylic acids is 1. The summed E-state index contributed by atoms with van der Waals surface area (Å²) in [5.74, 6) is -4.83. The molecule has 1 saturated heterocycles. The molecule has 1 N–H and O–H groups in total. The molecule has 0 bridgehead atoms. The van der Waals surface area contributed by atoms with Gasteiger partial charge in [-0.15, -0.1) is 0 Å². The highest BCUT2D eigenvalue weighted by Crippen LogP contribution is 2.26. The molecule has 7 nitrogen and oxygen atoms in total. The summed E-state index contributed by atoms with van der Waals surface area (Å²) in [6.07, 6.45) is -4.79. The molecule has 1 heterocycles. The summed E-state index contributed by atoms with van der Waals surface area (Å²) >= 11 is 0. The lowest BCUT2D eigenvalue weighted by Crippen LogP contribution is -2.46. The first-order valence-electron chi connectivity index (χ1n) is 17.4. The van der Waals surface area contributed by atoms with Crippen LogP contribution in [0.4, 0.5) is 15.8 Å². The molecule has 0 unspecified atom stereocenters. The van der Waals surface area contributed by atoms with E-state index >= 15 is 0 Å². The first-order valence-corrected chi connectivity index (χ1v) is 12.6. The SMILES string of the molecule is [2H]c1c(F)c([2H])c(N([2H])C(C)=O)c([2H])c1N1CCN(C([2H])([2H])CCCN(C([2H])([2H])[2H])S(=O)(=O)CC2C([2H])([2H])CCCC2([2H])[2H])CC1. The molecule has 1 aromatic carbocycles. The van der Waals surface area contributed by atoms with Crippen molar-refractivity contribution in [1.82, 2.24) is 9.21 Å². The fourth-order valence-electron chi connectivity index (χ4n) is 3.60. The number of benzene rings is 1. The molecular formula is C24H39FN4O3S. The normalized spacial score (nSPS) is 28.2. The van der Waals surface area contributed by atoms with Crippen LogP contribution < -0.4 is 10.2 Å². The van der Waals surface area contributed by atoms with Crippen LogP contribution >= 0.6 is 0 Å². The van der Waals surface area contributed by atoms with E-state index in [4.69, 9.17) is 17.9 Å². The van der Waals surface area contributed by atoms with Crippen molar-refractivity contribution in [2.24, 2.45) is 5.92 Å². The highest BCUT2D eigenvalue weighted by molar-refractivity contribution is 7.89. The second-order valence-corrected chi connectivity index (χ2v) is 9.86. The van der Waals surface area contributed by atoms with Crippen molar-refractivity contribution in [2.75, 3.05) is 62.2 Å². The van der Waals surface area contributed by atoms with Crippen LogP contribution in [0, 0.1) is 11.7 Å². The van der Waals surface area contributed by atoms with Gasteiger partial charge in [0.1, 0.15) is 5.82 Å². The first kappa shape index (κ1) is 13.4. The molecule has 2 fully saturated rings. The molecule has 1 saturated carbocycles. The van der Waals surface area contributed by atoms with Gasteiger partial charge in [-0.1, -0.05) is 19.3 Å². The zero-order valence-electron chi connectivity index (χ0n) is 31.7. The zero-order valence-corrected chi connectivity index (χ0v) is 19.5. The number of hydrogen-bond donors (Lipinski definition) is 1. The van der Waals surface area contributed by atoms with E-state index in [0.29, 0.717) is 0 Å². The molecule has 1 aliphatic heterocycles. The number of carbonyl (C=O) groups is 1. The van der Waals surface area contributed by atoms with Crippen LogP contribution in [0.15, 0.2) is 18.1 Å². The fraction of sp³-hybridized carbons (Fsp3) is 0.708. The van der Waals surface area contributed by atoms with Gasteiger partial charge in [-0.05, 0) is 56.1 Å². The van der Waals surface area contributed by atoms with Gasteiger partial charge in [-0.25, -0.2) is 17.1 Å². The van der Waals surface area contributed by atoms with Gasteiger partial charge >= 0.3 is 0 Å². The molecule has 2 aliphatic rings. The van der Waals surface area contributed by atoms with Gasteiger partial charge in [0.15, 0.2) is 1.41 Å². The lowest BCUT2D eigenvalue weighted by atomic mass is 9.91. The molecule has 33 heavy (non-hydrogen) atoms. The van der Waals surface area contributed by atoms with E-state index in [2.05, 4.69) is 0 Å². The summed E-state index contributed by atoms with van der Waals surface area (Å²) in [7, 11) is -4.70. The van der Waals surface area contributed by atoms with E-state index in [1.165, 1.54) is 9.80 Å². The van der Waals surface area contributed by atoms with Crippen LogP contribution in [0.2, 0.25) is 1.41 Å². The second-order valence-electron chi connectivity index (χ2n) is 7.92. The van der Waals surface area contributed by atoms with Crippen LogP contribution in [0.25, 0.3) is 0 Å².